The lowest BCUT2D eigenvalue weighted by Gasteiger charge is -2.22. The predicted molar refractivity (Wildman–Crippen MR) is 92.4 cm³/mol. The summed E-state index contributed by atoms with van der Waals surface area (Å²) in [6, 6.07) is 12.4. The summed E-state index contributed by atoms with van der Waals surface area (Å²) in [6.45, 7) is 3.08. The second kappa shape index (κ2) is 8.24. The second-order valence-electron chi connectivity index (χ2n) is 5.44. The van der Waals surface area contributed by atoms with Gasteiger partial charge in [-0.1, -0.05) is 18.2 Å². The Bertz CT molecular complexity index is 682. The Morgan fingerprint density at radius 2 is 1.62 bits per heavy atom. The first-order valence-corrected chi connectivity index (χ1v) is 7.84. The van der Waals surface area contributed by atoms with Gasteiger partial charge in [-0.3, -0.25) is 4.79 Å². The lowest BCUT2D eigenvalue weighted by Crippen LogP contribution is -2.31. The number of rotatable bonds is 7. The molecule has 1 N–H and O–H groups in total. The zero-order valence-electron chi connectivity index (χ0n) is 14.3. The zero-order chi connectivity index (χ0) is 17.5. The van der Waals surface area contributed by atoms with Gasteiger partial charge in [0.1, 0.15) is 5.75 Å². The lowest BCUT2D eigenvalue weighted by molar-refractivity contribution is -0.130. The summed E-state index contributed by atoms with van der Waals surface area (Å²) in [5.74, 6) is 1.55. The number of amides is 1. The van der Waals surface area contributed by atoms with Gasteiger partial charge in [-0.25, -0.2) is 0 Å². The minimum absolute atomic E-state index is 0.0398. The van der Waals surface area contributed by atoms with E-state index in [1.165, 1.54) is 0 Å². The highest BCUT2D eigenvalue weighted by atomic mass is 16.5. The molecule has 0 atom stereocenters. The molecule has 5 nitrogen and oxygen atoms in total. The minimum atomic E-state index is 0.0398. The summed E-state index contributed by atoms with van der Waals surface area (Å²) in [4.78, 5) is 14.3. The zero-order valence-corrected chi connectivity index (χ0v) is 14.3. The van der Waals surface area contributed by atoms with Crippen LogP contribution in [0.3, 0.4) is 0 Å². The Hall–Kier alpha value is -2.69. The molecule has 5 heteroatoms. The Morgan fingerprint density at radius 1 is 1.00 bits per heavy atom. The molecule has 0 aliphatic heterocycles. The van der Waals surface area contributed by atoms with E-state index in [-0.39, 0.29) is 11.7 Å². The van der Waals surface area contributed by atoms with Gasteiger partial charge < -0.3 is 19.5 Å². The van der Waals surface area contributed by atoms with Crippen molar-refractivity contribution in [2.24, 2.45) is 0 Å². The predicted octanol–water partition coefficient (Wildman–Crippen LogP) is 3.00. The van der Waals surface area contributed by atoms with E-state index < -0.39 is 0 Å². The molecule has 24 heavy (non-hydrogen) atoms. The minimum Gasteiger partial charge on any atom is -0.508 e. The highest BCUT2D eigenvalue weighted by Crippen LogP contribution is 2.28. The van der Waals surface area contributed by atoms with E-state index in [9.17, 15) is 9.90 Å². The summed E-state index contributed by atoms with van der Waals surface area (Å²) in [5, 5.41) is 9.32. The third kappa shape index (κ3) is 4.41. The quantitative estimate of drug-likeness (QED) is 0.848. The van der Waals surface area contributed by atoms with Gasteiger partial charge in [-0.15, -0.1) is 0 Å². The molecule has 2 rings (SSSR count). The largest absolute Gasteiger partial charge is 0.508 e. The molecular weight excluding hydrogens is 306 g/mol. The van der Waals surface area contributed by atoms with E-state index in [4.69, 9.17) is 9.47 Å². The summed E-state index contributed by atoms with van der Waals surface area (Å²) in [7, 11) is 3.19. The number of likely N-dealkylation sites (N-methyl/N-ethyl adjacent to an activating group) is 1. The molecule has 0 aliphatic carbocycles. The van der Waals surface area contributed by atoms with Crippen molar-refractivity contribution in [2.45, 2.75) is 19.9 Å². The number of carbonyl (C=O) groups excluding carboxylic acids is 1. The standard InChI is InChI=1S/C19H23NO4/c1-4-20(19(22)12-14-5-8-16(21)9-6-14)13-15-7-10-17(23-2)18(11-15)24-3/h5-11,21H,4,12-13H2,1-3H3. The maximum Gasteiger partial charge on any atom is 0.227 e. The van der Waals surface area contributed by atoms with Crippen molar-refractivity contribution in [2.75, 3.05) is 20.8 Å². The van der Waals surface area contributed by atoms with Gasteiger partial charge in [0.25, 0.3) is 0 Å². The average Bonchev–Trinajstić information content (AvgIpc) is 2.61. The van der Waals surface area contributed by atoms with E-state index in [1.54, 1.807) is 43.4 Å². The first-order valence-electron chi connectivity index (χ1n) is 7.84. The lowest BCUT2D eigenvalue weighted by atomic mass is 10.1. The molecule has 2 aromatic rings. The van der Waals surface area contributed by atoms with Crippen LogP contribution in [-0.4, -0.2) is 36.7 Å². The van der Waals surface area contributed by atoms with Crippen molar-refractivity contribution < 1.29 is 19.4 Å². The van der Waals surface area contributed by atoms with Crippen LogP contribution >= 0.6 is 0 Å². The fourth-order valence-corrected chi connectivity index (χ4v) is 2.48. The third-order valence-electron chi connectivity index (χ3n) is 3.85. The Balaban J connectivity index is 2.08. The molecule has 0 bridgehead atoms. The van der Waals surface area contributed by atoms with Crippen LogP contribution in [0, 0.1) is 0 Å². The first kappa shape index (κ1) is 17.7. The van der Waals surface area contributed by atoms with Crippen LogP contribution in [0.25, 0.3) is 0 Å². The highest BCUT2D eigenvalue weighted by Gasteiger charge is 2.14. The van der Waals surface area contributed by atoms with Gasteiger partial charge in [0.05, 0.1) is 20.6 Å². The second-order valence-corrected chi connectivity index (χ2v) is 5.44. The van der Waals surface area contributed by atoms with Crippen LogP contribution in [0.4, 0.5) is 0 Å². The molecular formula is C19H23NO4. The van der Waals surface area contributed by atoms with E-state index in [0.717, 1.165) is 11.1 Å². The summed E-state index contributed by atoms with van der Waals surface area (Å²) < 4.78 is 10.5. The number of hydrogen-bond acceptors (Lipinski definition) is 4. The Kier molecular flexibility index (Phi) is 6.07. The molecule has 128 valence electrons. The average molecular weight is 329 g/mol. The molecule has 0 aliphatic rings. The number of methoxy groups -OCH3 is 2. The molecule has 2 aromatic carbocycles. The maximum absolute atomic E-state index is 12.5. The number of benzene rings is 2. The van der Waals surface area contributed by atoms with Crippen molar-refractivity contribution in [3.8, 4) is 17.2 Å². The molecule has 0 unspecified atom stereocenters. The van der Waals surface area contributed by atoms with Gasteiger partial charge in [0.15, 0.2) is 11.5 Å². The number of phenols is 1. The van der Waals surface area contributed by atoms with Crippen molar-refractivity contribution in [3.05, 3.63) is 53.6 Å². The van der Waals surface area contributed by atoms with E-state index in [1.807, 2.05) is 25.1 Å². The number of phenolic OH excluding ortho intramolecular Hbond substituents is 1. The van der Waals surface area contributed by atoms with Crippen LogP contribution < -0.4 is 9.47 Å². The fourth-order valence-electron chi connectivity index (χ4n) is 2.48. The maximum atomic E-state index is 12.5. The molecule has 0 fully saturated rings. The van der Waals surface area contributed by atoms with Gasteiger partial charge >= 0.3 is 0 Å². The number of ether oxygens (including phenoxy) is 2. The topological polar surface area (TPSA) is 59.0 Å². The van der Waals surface area contributed by atoms with Crippen LogP contribution in [0.15, 0.2) is 42.5 Å². The third-order valence-corrected chi connectivity index (χ3v) is 3.85. The number of nitrogens with zero attached hydrogens (tertiary/aromatic N) is 1. The van der Waals surface area contributed by atoms with Crippen molar-refractivity contribution in [1.29, 1.82) is 0 Å². The van der Waals surface area contributed by atoms with Gasteiger partial charge in [0.2, 0.25) is 5.91 Å². The Morgan fingerprint density at radius 3 is 2.21 bits per heavy atom. The van der Waals surface area contributed by atoms with Gasteiger partial charge in [-0.2, -0.15) is 0 Å². The monoisotopic (exact) mass is 329 g/mol. The smallest absolute Gasteiger partial charge is 0.227 e. The SMILES string of the molecule is CCN(Cc1ccc(OC)c(OC)c1)C(=O)Cc1ccc(O)cc1. The summed E-state index contributed by atoms with van der Waals surface area (Å²) in [6.07, 6.45) is 0.307. The van der Waals surface area contributed by atoms with Gasteiger partial charge in [-0.05, 0) is 42.3 Å². The van der Waals surface area contributed by atoms with Crippen LogP contribution in [0.5, 0.6) is 17.2 Å². The van der Waals surface area contributed by atoms with Crippen LogP contribution in [-0.2, 0) is 17.8 Å². The number of hydrogen-bond donors (Lipinski definition) is 1. The molecule has 0 spiro atoms. The molecule has 0 saturated carbocycles. The molecule has 0 radical (unpaired) electrons. The van der Waals surface area contributed by atoms with Crippen molar-refractivity contribution >= 4 is 5.91 Å². The number of aromatic hydroxyl groups is 1. The van der Waals surface area contributed by atoms with E-state index in [0.29, 0.717) is 31.0 Å². The highest BCUT2D eigenvalue weighted by molar-refractivity contribution is 5.78. The number of carbonyl (C=O) groups is 1. The molecule has 0 aromatic heterocycles. The summed E-state index contributed by atoms with van der Waals surface area (Å²) in [5.41, 5.74) is 1.86. The van der Waals surface area contributed by atoms with E-state index in [2.05, 4.69) is 0 Å². The first-order chi connectivity index (χ1) is 11.6. The van der Waals surface area contributed by atoms with Crippen LogP contribution in [0.2, 0.25) is 0 Å². The molecule has 0 saturated heterocycles. The van der Waals surface area contributed by atoms with Crippen molar-refractivity contribution in [3.63, 3.8) is 0 Å². The van der Waals surface area contributed by atoms with E-state index >= 15 is 0 Å². The molecule has 0 heterocycles. The Labute approximate surface area is 142 Å². The van der Waals surface area contributed by atoms with Crippen molar-refractivity contribution in [1.82, 2.24) is 4.90 Å². The normalized spacial score (nSPS) is 10.3. The molecule has 1 amide bonds. The van der Waals surface area contributed by atoms with Gasteiger partial charge in [0, 0.05) is 13.1 Å². The van der Waals surface area contributed by atoms with Crippen LogP contribution in [0.1, 0.15) is 18.1 Å². The summed E-state index contributed by atoms with van der Waals surface area (Å²) >= 11 is 0. The fraction of sp³-hybridized carbons (Fsp3) is 0.316.